The molecule has 0 bridgehead atoms. The van der Waals surface area contributed by atoms with Crippen molar-refractivity contribution >= 4 is 35.0 Å². The smallest absolute Gasteiger partial charge is 0.266 e. The molecule has 1 heterocycles. The fourth-order valence-electron chi connectivity index (χ4n) is 1.20. The van der Waals surface area contributed by atoms with E-state index in [1.807, 2.05) is 0 Å². The molecule has 5 nitrogen and oxygen atoms in total. The van der Waals surface area contributed by atoms with Crippen LogP contribution in [0.3, 0.4) is 0 Å². The second kappa shape index (κ2) is 4.68. The number of halogens is 1. The minimum Gasteiger partial charge on any atom is -0.398 e. The van der Waals surface area contributed by atoms with Crippen molar-refractivity contribution in [1.82, 2.24) is 9.97 Å². The van der Waals surface area contributed by atoms with E-state index in [0.29, 0.717) is 15.6 Å². The van der Waals surface area contributed by atoms with E-state index in [9.17, 15) is 4.79 Å². The Morgan fingerprint density at radius 3 is 2.71 bits per heavy atom. The van der Waals surface area contributed by atoms with Crippen LogP contribution in [-0.2, 0) is 0 Å². The number of anilines is 2. The maximum Gasteiger partial charge on any atom is 0.266 e. The number of aromatic nitrogens is 2. The van der Waals surface area contributed by atoms with E-state index in [2.05, 4.69) is 9.97 Å². The van der Waals surface area contributed by atoms with Gasteiger partial charge in [0.25, 0.3) is 5.56 Å². The summed E-state index contributed by atoms with van der Waals surface area (Å²) in [4.78, 5) is 19.0. The predicted molar refractivity (Wildman–Crippen MR) is 69.3 cm³/mol. The zero-order valence-corrected chi connectivity index (χ0v) is 10.2. The predicted octanol–water partition coefficient (Wildman–Crippen LogP) is 1.74. The molecular weight excluding hydrogens is 260 g/mol. The molecule has 0 radical (unpaired) electrons. The highest BCUT2D eigenvalue weighted by Crippen LogP contribution is 2.31. The average Bonchev–Trinajstić information content (AvgIpc) is 2.25. The summed E-state index contributed by atoms with van der Waals surface area (Å²) in [6.07, 6.45) is 1.41. The Morgan fingerprint density at radius 2 is 2.06 bits per heavy atom. The maximum atomic E-state index is 11.6. The van der Waals surface area contributed by atoms with E-state index in [0.717, 1.165) is 4.90 Å². The van der Waals surface area contributed by atoms with Crippen molar-refractivity contribution in [2.45, 2.75) is 9.79 Å². The van der Waals surface area contributed by atoms with Crippen molar-refractivity contribution < 1.29 is 0 Å². The highest BCUT2D eigenvalue weighted by atomic mass is 35.5. The van der Waals surface area contributed by atoms with Crippen LogP contribution < -0.4 is 17.0 Å². The first kappa shape index (κ1) is 11.8. The lowest BCUT2D eigenvalue weighted by Gasteiger charge is -2.04. The van der Waals surface area contributed by atoms with Crippen LogP contribution in [0.25, 0.3) is 0 Å². The van der Waals surface area contributed by atoms with Crippen LogP contribution in [0.4, 0.5) is 11.6 Å². The van der Waals surface area contributed by atoms with Crippen molar-refractivity contribution in [2.24, 2.45) is 0 Å². The molecule has 1 aromatic heterocycles. The van der Waals surface area contributed by atoms with E-state index in [1.54, 1.807) is 18.2 Å². The number of nitrogens with two attached hydrogens (primary N) is 2. The fraction of sp³-hybridized carbons (Fsp3) is 0. The molecule has 0 saturated heterocycles. The molecule has 2 rings (SSSR count). The van der Waals surface area contributed by atoms with Crippen LogP contribution in [0.2, 0.25) is 5.02 Å². The molecule has 88 valence electrons. The summed E-state index contributed by atoms with van der Waals surface area (Å²) in [5, 5.41) is 0.552. The molecule has 2 aromatic rings. The van der Waals surface area contributed by atoms with Gasteiger partial charge in [-0.15, -0.1) is 0 Å². The molecule has 0 aliphatic rings. The lowest BCUT2D eigenvalue weighted by Crippen LogP contribution is -2.12. The summed E-state index contributed by atoms with van der Waals surface area (Å²) in [5.41, 5.74) is 11.4. The van der Waals surface area contributed by atoms with Crippen LogP contribution in [0, 0.1) is 0 Å². The largest absolute Gasteiger partial charge is 0.398 e. The fourth-order valence-corrected chi connectivity index (χ4v) is 2.18. The SMILES string of the molecule is Nc1ncc(Sc2ccc(Cl)cc2N)c(=O)[nH]1. The standard InChI is InChI=1S/C10H9ClN4OS/c11-5-1-2-7(6(12)3-5)17-8-4-14-10(13)15-9(8)16/h1-4H,12H2,(H3,13,14,15,16). The molecule has 0 aliphatic carbocycles. The zero-order valence-electron chi connectivity index (χ0n) is 8.61. The number of rotatable bonds is 2. The lowest BCUT2D eigenvalue weighted by atomic mass is 10.3. The second-order valence-corrected chi connectivity index (χ2v) is 4.77. The van der Waals surface area contributed by atoms with E-state index in [1.165, 1.54) is 18.0 Å². The third kappa shape index (κ3) is 2.72. The molecule has 0 fully saturated rings. The normalized spacial score (nSPS) is 10.4. The van der Waals surface area contributed by atoms with Crippen LogP contribution in [0.5, 0.6) is 0 Å². The van der Waals surface area contributed by atoms with Crippen LogP contribution in [0.15, 0.2) is 39.0 Å². The number of hydrogen-bond acceptors (Lipinski definition) is 5. The Kier molecular flexibility index (Phi) is 3.26. The molecule has 0 atom stereocenters. The molecule has 5 N–H and O–H groups in total. The van der Waals surface area contributed by atoms with Gasteiger partial charge in [0, 0.05) is 15.6 Å². The second-order valence-electron chi connectivity index (χ2n) is 3.25. The topological polar surface area (TPSA) is 97.8 Å². The third-order valence-corrected chi connectivity index (χ3v) is 3.32. The molecule has 0 aliphatic heterocycles. The van der Waals surface area contributed by atoms with Gasteiger partial charge in [0.2, 0.25) is 0 Å². The van der Waals surface area contributed by atoms with Gasteiger partial charge in [-0.05, 0) is 18.2 Å². The van der Waals surface area contributed by atoms with E-state index in [-0.39, 0.29) is 11.5 Å². The molecular formula is C10H9ClN4OS. The first-order valence-corrected chi connectivity index (χ1v) is 5.83. The molecule has 1 aromatic carbocycles. The van der Waals surface area contributed by atoms with Gasteiger partial charge in [0.05, 0.1) is 11.1 Å². The number of H-pyrrole nitrogens is 1. The number of aromatic amines is 1. The molecule has 0 spiro atoms. The van der Waals surface area contributed by atoms with E-state index >= 15 is 0 Å². The summed E-state index contributed by atoms with van der Waals surface area (Å²) >= 11 is 7.00. The summed E-state index contributed by atoms with van der Waals surface area (Å²) in [7, 11) is 0. The third-order valence-electron chi connectivity index (χ3n) is 1.98. The van der Waals surface area contributed by atoms with E-state index in [4.69, 9.17) is 23.1 Å². The van der Waals surface area contributed by atoms with Gasteiger partial charge in [0.1, 0.15) is 0 Å². The zero-order chi connectivity index (χ0) is 12.4. The lowest BCUT2D eigenvalue weighted by molar-refractivity contribution is 1.06. The minimum absolute atomic E-state index is 0.0865. The Labute approximate surface area is 106 Å². The summed E-state index contributed by atoms with van der Waals surface area (Å²) in [6, 6.07) is 5.08. The molecule has 0 amide bonds. The highest BCUT2D eigenvalue weighted by Gasteiger charge is 2.06. The Morgan fingerprint density at radius 1 is 1.29 bits per heavy atom. The van der Waals surface area contributed by atoms with Gasteiger partial charge >= 0.3 is 0 Å². The Balaban J connectivity index is 2.35. The van der Waals surface area contributed by atoms with Crippen molar-refractivity contribution in [1.29, 1.82) is 0 Å². The minimum atomic E-state index is -0.295. The first-order valence-electron chi connectivity index (χ1n) is 4.64. The highest BCUT2D eigenvalue weighted by molar-refractivity contribution is 7.99. The van der Waals surface area contributed by atoms with E-state index < -0.39 is 0 Å². The molecule has 0 unspecified atom stereocenters. The van der Waals surface area contributed by atoms with Gasteiger partial charge in [0.15, 0.2) is 5.95 Å². The average molecular weight is 269 g/mol. The summed E-state index contributed by atoms with van der Waals surface area (Å²) < 4.78 is 0. The van der Waals surface area contributed by atoms with Gasteiger partial charge in [-0.2, -0.15) is 0 Å². The summed E-state index contributed by atoms with van der Waals surface area (Å²) in [6.45, 7) is 0. The van der Waals surface area contributed by atoms with Crippen molar-refractivity contribution in [3.63, 3.8) is 0 Å². The van der Waals surface area contributed by atoms with Crippen LogP contribution >= 0.6 is 23.4 Å². The molecule has 0 saturated carbocycles. The number of benzene rings is 1. The number of nitrogens with zero attached hydrogens (tertiary/aromatic N) is 1. The summed E-state index contributed by atoms with van der Waals surface area (Å²) in [5.74, 6) is 0.0865. The number of nitrogen functional groups attached to an aromatic ring is 2. The Hall–Kier alpha value is -1.66. The number of nitrogens with one attached hydrogen (secondary N) is 1. The maximum absolute atomic E-state index is 11.6. The van der Waals surface area contributed by atoms with Crippen LogP contribution in [0.1, 0.15) is 0 Å². The van der Waals surface area contributed by atoms with Crippen molar-refractivity contribution in [2.75, 3.05) is 11.5 Å². The van der Waals surface area contributed by atoms with Crippen molar-refractivity contribution in [3.05, 3.63) is 39.8 Å². The first-order chi connectivity index (χ1) is 8.06. The number of hydrogen-bond donors (Lipinski definition) is 3. The monoisotopic (exact) mass is 268 g/mol. The Bertz CT molecular complexity index is 613. The van der Waals surface area contributed by atoms with Gasteiger partial charge in [-0.25, -0.2) is 4.98 Å². The molecule has 17 heavy (non-hydrogen) atoms. The van der Waals surface area contributed by atoms with Crippen LogP contribution in [-0.4, -0.2) is 9.97 Å². The van der Waals surface area contributed by atoms with Gasteiger partial charge in [-0.3, -0.25) is 9.78 Å². The van der Waals surface area contributed by atoms with Crippen molar-refractivity contribution in [3.8, 4) is 0 Å². The van der Waals surface area contributed by atoms with Gasteiger partial charge in [-0.1, -0.05) is 23.4 Å². The molecule has 7 heteroatoms. The van der Waals surface area contributed by atoms with Gasteiger partial charge < -0.3 is 11.5 Å². The quantitative estimate of drug-likeness (QED) is 0.721.